The van der Waals surface area contributed by atoms with E-state index in [1.165, 1.54) is 0 Å². The molecule has 0 aliphatic heterocycles. The molecule has 0 saturated carbocycles. The average molecular weight is 485 g/mol. The van der Waals surface area contributed by atoms with E-state index >= 15 is 0 Å². The normalized spacial score (nSPS) is 10.4. The summed E-state index contributed by atoms with van der Waals surface area (Å²) in [5.74, 6) is -0.671. The molecular formula is C27H24N4O5. The van der Waals surface area contributed by atoms with E-state index in [1.54, 1.807) is 95.9 Å². The maximum atomic E-state index is 12.5. The van der Waals surface area contributed by atoms with E-state index in [0.717, 1.165) is 11.4 Å². The second kappa shape index (κ2) is 11.5. The van der Waals surface area contributed by atoms with Crippen molar-refractivity contribution >= 4 is 29.2 Å². The van der Waals surface area contributed by atoms with Gasteiger partial charge in [0.15, 0.2) is 6.61 Å². The van der Waals surface area contributed by atoms with Gasteiger partial charge in [0, 0.05) is 29.3 Å². The zero-order valence-electron chi connectivity index (χ0n) is 19.5. The number of rotatable bonds is 9. The first kappa shape index (κ1) is 24.2. The van der Waals surface area contributed by atoms with Crippen LogP contribution in [0.15, 0.2) is 91.3 Å². The Balaban J connectivity index is 1.25. The van der Waals surface area contributed by atoms with Gasteiger partial charge >= 0.3 is 5.97 Å². The molecule has 182 valence electrons. The smallest absolute Gasteiger partial charge is 0.338 e. The summed E-state index contributed by atoms with van der Waals surface area (Å²) >= 11 is 0. The molecule has 4 rings (SSSR count). The Morgan fingerprint density at radius 1 is 0.833 bits per heavy atom. The third-order valence-electron chi connectivity index (χ3n) is 5.06. The van der Waals surface area contributed by atoms with E-state index < -0.39 is 18.5 Å². The fraction of sp³-hybridized carbons (Fsp3) is 0.111. The first-order valence-electron chi connectivity index (χ1n) is 11.2. The van der Waals surface area contributed by atoms with Crippen LogP contribution in [0.1, 0.15) is 27.6 Å². The van der Waals surface area contributed by atoms with Gasteiger partial charge < -0.3 is 20.1 Å². The minimum Gasteiger partial charge on any atom is -0.494 e. The molecule has 0 spiro atoms. The van der Waals surface area contributed by atoms with E-state index in [9.17, 15) is 14.4 Å². The fourth-order valence-corrected chi connectivity index (χ4v) is 3.29. The highest BCUT2D eigenvalue weighted by molar-refractivity contribution is 6.04. The van der Waals surface area contributed by atoms with Crippen molar-refractivity contribution in [1.29, 1.82) is 0 Å². The third-order valence-corrected chi connectivity index (χ3v) is 5.06. The van der Waals surface area contributed by atoms with Gasteiger partial charge in [-0.2, -0.15) is 5.10 Å². The number of hydrogen-bond donors (Lipinski definition) is 2. The Hall–Kier alpha value is -4.92. The summed E-state index contributed by atoms with van der Waals surface area (Å²) in [4.78, 5) is 36.9. The lowest BCUT2D eigenvalue weighted by atomic mass is 10.2. The average Bonchev–Trinajstić information content (AvgIpc) is 3.44. The van der Waals surface area contributed by atoms with Crippen molar-refractivity contribution in [2.75, 3.05) is 23.8 Å². The van der Waals surface area contributed by atoms with Gasteiger partial charge in [-0.1, -0.05) is 0 Å². The van der Waals surface area contributed by atoms with Crippen molar-refractivity contribution in [3.8, 4) is 11.4 Å². The van der Waals surface area contributed by atoms with Crippen LogP contribution in [0.4, 0.5) is 11.4 Å². The molecule has 9 heteroatoms. The zero-order chi connectivity index (χ0) is 25.3. The van der Waals surface area contributed by atoms with Crippen molar-refractivity contribution in [3.05, 3.63) is 102 Å². The fourth-order valence-electron chi connectivity index (χ4n) is 3.29. The Bertz CT molecular complexity index is 1320. The summed E-state index contributed by atoms with van der Waals surface area (Å²) < 4.78 is 12.1. The minimum absolute atomic E-state index is 0.287. The number of hydrogen-bond acceptors (Lipinski definition) is 6. The standard InChI is InChI=1S/C27H24N4O5/c1-2-35-24-14-10-22(11-15-24)30-26(33)19-4-8-21(9-5-19)29-25(32)18-36-27(34)20-6-12-23(13-7-20)31-17-3-16-28-31/h3-17H,2,18H2,1H3,(H,29,32)(H,30,33). The predicted molar refractivity (Wildman–Crippen MR) is 134 cm³/mol. The highest BCUT2D eigenvalue weighted by atomic mass is 16.5. The number of amides is 2. The molecule has 0 radical (unpaired) electrons. The second-order valence-corrected chi connectivity index (χ2v) is 7.61. The van der Waals surface area contributed by atoms with Gasteiger partial charge in [0.2, 0.25) is 0 Å². The Morgan fingerprint density at radius 2 is 1.47 bits per heavy atom. The van der Waals surface area contributed by atoms with Crippen molar-refractivity contribution in [2.24, 2.45) is 0 Å². The van der Waals surface area contributed by atoms with Gasteiger partial charge in [-0.3, -0.25) is 9.59 Å². The van der Waals surface area contributed by atoms with Crippen LogP contribution >= 0.6 is 0 Å². The molecule has 3 aromatic carbocycles. The van der Waals surface area contributed by atoms with Crippen molar-refractivity contribution < 1.29 is 23.9 Å². The van der Waals surface area contributed by atoms with Crippen molar-refractivity contribution in [3.63, 3.8) is 0 Å². The van der Waals surface area contributed by atoms with Crippen LogP contribution in [0.2, 0.25) is 0 Å². The lowest BCUT2D eigenvalue weighted by Gasteiger charge is -2.09. The number of benzene rings is 3. The van der Waals surface area contributed by atoms with E-state index in [-0.39, 0.29) is 5.91 Å². The molecule has 1 heterocycles. The van der Waals surface area contributed by atoms with E-state index in [0.29, 0.717) is 29.1 Å². The number of esters is 1. The third kappa shape index (κ3) is 6.35. The molecule has 0 aliphatic carbocycles. The SMILES string of the molecule is CCOc1ccc(NC(=O)c2ccc(NC(=O)COC(=O)c3ccc(-n4cccn4)cc3)cc2)cc1. The zero-order valence-corrected chi connectivity index (χ0v) is 19.5. The van der Waals surface area contributed by atoms with E-state index in [1.807, 2.05) is 6.92 Å². The number of aromatic nitrogens is 2. The highest BCUT2D eigenvalue weighted by Gasteiger charge is 2.12. The molecule has 0 atom stereocenters. The molecule has 0 aliphatic rings. The summed E-state index contributed by atoms with van der Waals surface area (Å²) in [7, 11) is 0. The number of carbonyl (C=O) groups excluding carboxylic acids is 3. The van der Waals surface area contributed by atoms with Crippen LogP contribution < -0.4 is 15.4 Å². The van der Waals surface area contributed by atoms with Gasteiger partial charge in [-0.05, 0) is 85.8 Å². The quantitative estimate of drug-likeness (QED) is 0.342. The molecule has 1 aromatic heterocycles. The Labute approximate surface area is 207 Å². The van der Waals surface area contributed by atoms with Crippen LogP contribution in [0, 0.1) is 0 Å². The summed E-state index contributed by atoms with van der Waals surface area (Å²) in [5, 5.41) is 9.56. The topological polar surface area (TPSA) is 112 Å². The van der Waals surface area contributed by atoms with Crippen LogP contribution in [-0.2, 0) is 9.53 Å². The molecule has 0 saturated heterocycles. The Kier molecular flexibility index (Phi) is 7.72. The first-order valence-corrected chi connectivity index (χ1v) is 11.2. The molecule has 0 fully saturated rings. The minimum atomic E-state index is -0.613. The van der Waals surface area contributed by atoms with Crippen molar-refractivity contribution in [1.82, 2.24) is 9.78 Å². The number of ether oxygens (including phenoxy) is 2. The summed E-state index contributed by atoms with van der Waals surface area (Å²) in [6, 6.07) is 21.9. The highest BCUT2D eigenvalue weighted by Crippen LogP contribution is 2.17. The Morgan fingerprint density at radius 3 is 2.11 bits per heavy atom. The van der Waals surface area contributed by atoms with E-state index in [4.69, 9.17) is 9.47 Å². The molecule has 0 unspecified atom stereocenters. The van der Waals surface area contributed by atoms with Crippen LogP contribution in [-0.4, -0.2) is 40.8 Å². The van der Waals surface area contributed by atoms with Gasteiger partial charge in [0.25, 0.3) is 11.8 Å². The monoisotopic (exact) mass is 484 g/mol. The van der Waals surface area contributed by atoms with E-state index in [2.05, 4.69) is 15.7 Å². The maximum Gasteiger partial charge on any atom is 0.338 e. The molecule has 2 amide bonds. The first-order chi connectivity index (χ1) is 17.5. The van der Waals surface area contributed by atoms with Crippen LogP contribution in [0.3, 0.4) is 0 Å². The molecular weight excluding hydrogens is 460 g/mol. The number of nitrogens with zero attached hydrogens (tertiary/aromatic N) is 2. The van der Waals surface area contributed by atoms with Crippen molar-refractivity contribution in [2.45, 2.75) is 6.92 Å². The molecule has 9 nitrogen and oxygen atoms in total. The lowest BCUT2D eigenvalue weighted by Crippen LogP contribution is -2.21. The summed E-state index contributed by atoms with van der Waals surface area (Å²) in [6.07, 6.45) is 3.45. The maximum absolute atomic E-state index is 12.5. The van der Waals surface area contributed by atoms with Gasteiger partial charge in [-0.25, -0.2) is 9.48 Å². The molecule has 4 aromatic rings. The van der Waals surface area contributed by atoms with Gasteiger partial charge in [0.1, 0.15) is 5.75 Å². The number of anilines is 2. The van der Waals surface area contributed by atoms with Crippen LogP contribution in [0.5, 0.6) is 5.75 Å². The summed E-state index contributed by atoms with van der Waals surface area (Å²) in [5.41, 5.74) is 2.65. The second-order valence-electron chi connectivity index (χ2n) is 7.61. The van der Waals surface area contributed by atoms with Gasteiger partial charge in [-0.15, -0.1) is 0 Å². The predicted octanol–water partition coefficient (Wildman–Crippen LogP) is 4.32. The number of nitrogens with one attached hydrogen (secondary N) is 2. The van der Waals surface area contributed by atoms with Crippen LogP contribution in [0.25, 0.3) is 5.69 Å². The molecule has 2 N–H and O–H groups in total. The largest absolute Gasteiger partial charge is 0.494 e. The summed E-state index contributed by atoms with van der Waals surface area (Å²) in [6.45, 7) is 2.02. The lowest BCUT2D eigenvalue weighted by molar-refractivity contribution is -0.119. The molecule has 36 heavy (non-hydrogen) atoms. The van der Waals surface area contributed by atoms with Gasteiger partial charge in [0.05, 0.1) is 17.9 Å². The number of carbonyl (C=O) groups is 3. The molecule has 0 bridgehead atoms.